The number of ether oxygens (including phenoxy) is 3. The Morgan fingerprint density at radius 3 is 2.17 bits per heavy atom. The number of halogens is 1. The summed E-state index contributed by atoms with van der Waals surface area (Å²) in [6.45, 7) is 1.38. The first kappa shape index (κ1) is 11.0. The van der Waals surface area contributed by atoms with Gasteiger partial charge in [-0.3, -0.25) is 0 Å². The lowest BCUT2D eigenvalue weighted by atomic mass is 9.96. The van der Waals surface area contributed by atoms with E-state index in [0.717, 1.165) is 0 Å². The molecule has 2 atom stereocenters. The van der Waals surface area contributed by atoms with Crippen LogP contribution < -0.4 is 22.0 Å². The molecule has 0 fully saturated rings. The van der Waals surface area contributed by atoms with Gasteiger partial charge in [0.2, 0.25) is 0 Å². The van der Waals surface area contributed by atoms with Crippen LogP contribution in [0.15, 0.2) is 60.7 Å². The summed E-state index contributed by atoms with van der Waals surface area (Å²) in [7, 11) is -5.75. The van der Waals surface area contributed by atoms with Crippen molar-refractivity contribution in [2.45, 2.75) is 18.4 Å². The molecule has 2 aromatic rings. The van der Waals surface area contributed by atoms with Crippen LogP contribution in [0.2, 0.25) is 0 Å². The van der Waals surface area contributed by atoms with Gasteiger partial charge in [0, 0.05) is 26.6 Å². The van der Waals surface area contributed by atoms with E-state index in [2.05, 4.69) is 4.99 Å². The summed E-state index contributed by atoms with van der Waals surface area (Å²) in [5.74, 6) is -1.94. The number of benzene rings is 2. The van der Waals surface area contributed by atoms with Crippen LogP contribution in [0.1, 0.15) is 26.3 Å². The molecule has 3 rings (SSSR count). The summed E-state index contributed by atoms with van der Waals surface area (Å²) < 4.78 is 62.4. The second-order valence-corrected chi connectivity index (χ2v) is 5.14. The van der Waals surface area contributed by atoms with Crippen molar-refractivity contribution in [1.82, 2.24) is 0 Å². The van der Waals surface area contributed by atoms with Crippen molar-refractivity contribution in [3.63, 3.8) is 0 Å². The Labute approximate surface area is 155 Å². The second kappa shape index (κ2) is 6.83. The highest BCUT2D eigenvalue weighted by Gasteiger charge is 2.65. The van der Waals surface area contributed by atoms with Crippen LogP contribution in [0.5, 0.6) is 0 Å². The van der Waals surface area contributed by atoms with Crippen LogP contribution in [0.3, 0.4) is 0 Å². The molecule has 0 amide bonds. The molecule has 1 aliphatic heterocycles. The smallest absolute Gasteiger partial charge is 0.374 e. The second-order valence-electron chi connectivity index (χ2n) is 5.14. The number of hydrogen-bond acceptors (Lipinski definition) is 3. The molecule has 1 heterocycles. The fourth-order valence-corrected chi connectivity index (χ4v) is 2.55. The van der Waals surface area contributed by atoms with Crippen LogP contribution in [0, 0.1) is 0 Å². The minimum absolute atomic E-state index is 0. The monoisotopic (exact) mass is 383 g/mol. The van der Waals surface area contributed by atoms with E-state index >= 15 is 0 Å². The van der Waals surface area contributed by atoms with Gasteiger partial charge in [0.15, 0.2) is 0 Å². The molecule has 23 heavy (non-hydrogen) atoms. The van der Waals surface area contributed by atoms with E-state index in [-0.39, 0.29) is 28.4 Å². The zero-order valence-corrected chi connectivity index (χ0v) is 14.0. The summed E-state index contributed by atoms with van der Waals surface area (Å²) in [4.78, 5) is 2.89. The predicted octanol–water partition coefficient (Wildman–Crippen LogP) is -1.59. The Hall–Kier alpha value is -1.69. The van der Waals surface area contributed by atoms with Gasteiger partial charge in [-0.1, -0.05) is 48.5 Å². The molecule has 0 saturated heterocycles. The summed E-state index contributed by atoms with van der Waals surface area (Å²) in [6, 6.07) is 17.0. The molecule has 0 aromatic heterocycles. The van der Waals surface area contributed by atoms with Crippen LogP contribution in [0.4, 0.5) is 0 Å². The molecule has 0 unspecified atom stereocenters. The van der Waals surface area contributed by atoms with Crippen molar-refractivity contribution in [2.75, 3.05) is 14.1 Å². The lowest BCUT2D eigenvalue weighted by molar-refractivity contribution is -0.631. The summed E-state index contributed by atoms with van der Waals surface area (Å²) in [5, 5.41) is 0. The van der Waals surface area contributed by atoms with Crippen LogP contribution in [0.25, 0.3) is 0 Å². The van der Waals surface area contributed by atoms with E-state index in [4.69, 9.17) is 22.4 Å². The number of rotatable bonds is 4. The third-order valence-electron chi connectivity index (χ3n) is 3.76. The van der Waals surface area contributed by atoms with Crippen LogP contribution in [-0.4, -0.2) is 25.7 Å². The Balaban J connectivity index is 0.00000300. The van der Waals surface area contributed by atoms with Crippen molar-refractivity contribution >= 4 is 5.90 Å². The molecular weight excluding hydrogens is 358 g/mol. The van der Waals surface area contributed by atoms with E-state index in [1.54, 1.807) is 60.7 Å². The molecule has 1 aliphatic rings. The van der Waals surface area contributed by atoms with Gasteiger partial charge < -0.3 is 31.2 Å². The van der Waals surface area contributed by atoms with Gasteiger partial charge in [-0.25, -0.2) is 0 Å². The average Bonchev–Trinajstić information content (AvgIpc) is 2.86. The highest BCUT2D eigenvalue weighted by Crippen LogP contribution is 2.38. The van der Waals surface area contributed by atoms with E-state index in [1.165, 1.54) is 6.92 Å². The molecule has 0 spiro atoms. The molecule has 0 saturated carbocycles. The first-order valence-corrected chi connectivity index (χ1v) is 6.80. The fourth-order valence-electron chi connectivity index (χ4n) is 2.55. The standard InChI is InChI=1S/C18H19NO3.BrH/c1-17(20-2)18(21-3,15-12-8-5-9-13-15)22-16(19-17)14-10-6-4-7-11-14;/h4-13H,1-3H3;1H/t17-,18-;/m0./s1/i2D3,3D3;. The van der Waals surface area contributed by atoms with Crippen LogP contribution in [-0.2, 0) is 20.0 Å². The SMILES string of the molecule is [2H]C([2H])([2H])O[C@@]1(c2ccccc2)OC(c2ccccc2)=[NH+][C@@]1(C)OC([2H])([2H])[2H].[Br-]. The number of hydrogen-bond donors (Lipinski definition) is 1. The quantitative estimate of drug-likeness (QED) is 0.692. The molecule has 2 aromatic carbocycles. The third kappa shape index (κ3) is 2.80. The molecule has 0 aliphatic carbocycles. The van der Waals surface area contributed by atoms with Gasteiger partial charge in [-0.15, -0.1) is 0 Å². The van der Waals surface area contributed by atoms with E-state index in [9.17, 15) is 0 Å². The van der Waals surface area contributed by atoms with Crippen molar-refractivity contribution in [1.29, 1.82) is 0 Å². The van der Waals surface area contributed by atoms with Gasteiger partial charge in [-0.2, -0.15) is 4.99 Å². The van der Waals surface area contributed by atoms with E-state index in [1.807, 2.05) is 0 Å². The maximum atomic E-state index is 7.65. The van der Waals surface area contributed by atoms with Gasteiger partial charge in [0.05, 0.1) is 13.8 Å². The summed E-state index contributed by atoms with van der Waals surface area (Å²) in [6.07, 6.45) is 0. The molecule has 1 N–H and O–H groups in total. The largest absolute Gasteiger partial charge is 1.00 e. The van der Waals surface area contributed by atoms with Gasteiger partial charge >= 0.3 is 17.4 Å². The summed E-state index contributed by atoms with van der Waals surface area (Å²) >= 11 is 0. The van der Waals surface area contributed by atoms with Crippen molar-refractivity contribution in [3.8, 4) is 0 Å². The van der Waals surface area contributed by atoms with E-state index < -0.39 is 25.6 Å². The molecule has 122 valence electrons. The molecular formula is C18H20BrNO3. The minimum Gasteiger partial charge on any atom is -1.00 e. The van der Waals surface area contributed by atoms with E-state index in [0.29, 0.717) is 5.56 Å². The summed E-state index contributed by atoms with van der Waals surface area (Å²) in [5.41, 5.74) is -1.01. The number of methoxy groups -OCH3 is 2. The van der Waals surface area contributed by atoms with Gasteiger partial charge in [0.1, 0.15) is 0 Å². The Kier molecular flexibility index (Phi) is 3.25. The van der Waals surface area contributed by atoms with Crippen LogP contribution >= 0.6 is 0 Å². The normalized spacial score (nSPS) is 31.1. The fraction of sp³-hybridized carbons (Fsp3) is 0.278. The molecule has 0 radical (unpaired) electrons. The topological polar surface area (TPSA) is 41.7 Å². The van der Waals surface area contributed by atoms with Crippen molar-refractivity contribution < 1.29 is 44.4 Å². The Morgan fingerprint density at radius 1 is 0.957 bits per heavy atom. The zero-order valence-electron chi connectivity index (χ0n) is 18.4. The lowest BCUT2D eigenvalue weighted by Gasteiger charge is -2.33. The Morgan fingerprint density at radius 2 is 1.57 bits per heavy atom. The first-order chi connectivity index (χ1) is 12.9. The zero-order chi connectivity index (χ0) is 20.6. The molecule has 5 heteroatoms. The molecule has 0 bridgehead atoms. The predicted molar refractivity (Wildman–Crippen MR) is 83.1 cm³/mol. The van der Waals surface area contributed by atoms with Crippen molar-refractivity contribution in [2.24, 2.45) is 0 Å². The first-order valence-electron chi connectivity index (χ1n) is 9.80. The third-order valence-corrected chi connectivity index (χ3v) is 3.76. The lowest BCUT2D eigenvalue weighted by Crippen LogP contribution is -3.00. The maximum absolute atomic E-state index is 7.65. The van der Waals surface area contributed by atoms with Gasteiger partial charge in [-0.05, 0) is 12.1 Å². The number of nitrogens with one attached hydrogen (secondary N) is 1. The molecule has 4 nitrogen and oxygen atoms in total. The minimum atomic E-state index is -2.90. The highest BCUT2D eigenvalue weighted by molar-refractivity contribution is 5.90. The van der Waals surface area contributed by atoms with Gasteiger partial charge in [0.25, 0.3) is 0 Å². The maximum Gasteiger partial charge on any atom is 0.374 e. The van der Waals surface area contributed by atoms with Crippen molar-refractivity contribution in [3.05, 3.63) is 71.8 Å². The highest BCUT2D eigenvalue weighted by atomic mass is 79.9. The average molecular weight is 384 g/mol. The Bertz CT molecular complexity index is 859.